The Balaban J connectivity index is 1.85. The van der Waals surface area contributed by atoms with Crippen molar-refractivity contribution in [3.8, 4) is 0 Å². The van der Waals surface area contributed by atoms with E-state index in [9.17, 15) is 0 Å². The molecule has 0 amide bonds. The van der Waals surface area contributed by atoms with E-state index in [1.807, 2.05) is 13.2 Å². The minimum absolute atomic E-state index is 0.664. The fourth-order valence-electron chi connectivity index (χ4n) is 1.91. The zero-order valence-electron chi connectivity index (χ0n) is 10.5. The summed E-state index contributed by atoms with van der Waals surface area (Å²) in [7, 11) is 1.92. The van der Waals surface area contributed by atoms with Crippen molar-refractivity contribution in [2.45, 2.75) is 39.2 Å². The molecule has 2 rings (SSSR count). The molecule has 1 aliphatic carbocycles. The first kappa shape index (κ1) is 11.6. The summed E-state index contributed by atoms with van der Waals surface area (Å²) in [5, 5.41) is 11.8. The molecule has 1 heterocycles. The summed E-state index contributed by atoms with van der Waals surface area (Å²) in [6.45, 7) is 5.68. The van der Waals surface area contributed by atoms with E-state index in [2.05, 4.69) is 29.5 Å². The molecule has 0 aliphatic heterocycles. The number of nitrogens with zero attached hydrogens (tertiary/aromatic N) is 3. The predicted octanol–water partition coefficient (Wildman–Crippen LogP) is 1.38. The van der Waals surface area contributed by atoms with Crippen molar-refractivity contribution in [1.29, 1.82) is 0 Å². The Labute approximate surface area is 97.4 Å². The molecule has 1 fully saturated rings. The molecule has 0 radical (unpaired) electrons. The zero-order valence-corrected chi connectivity index (χ0v) is 10.5. The average molecular weight is 222 g/mol. The highest BCUT2D eigenvalue weighted by molar-refractivity contribution is 4.95. The highest BCUT2D eigenvalue weighted by atomic mass is 15.4. The van der Waals surface area contributed by atoms with Crippen LogP contribution in [-0.4, -0.2) is 27.6 Å². The van der Waals surface area contributed by atoms with Crippen molar-refractivity contribution in [1.82, 2.24) is 20.3 Å². The molecule has 1 aromatic rings. The maximum Gasteiger partial charge on any atom is 0.0830 e. The molecule has 0 spiro atoms. The lowest BCUT2D eigenvalue weighted by Crippen LogP contribution is -2.29. The number of aromatic nitrogens is 3. The van der Waals surface area contributed by atoms with E-state index in [4.69, 9.17) is 0 Å². The van der Waals surface area contributed by atoms with Crippen molar-refractivity contribution in [2.24, 2.45) is 18.9 Å². The maximum atomic E-state index is 4.17. The molecule has 1 unspecified atom stereocenters. The summed E-state index contributed by atoms with van der Waals surface area (Å²) in [5.74, 6) is 1.35. The molecule has 0 saturated heterocycles. The quantitative estimate of drug-likeness (QED) is 0.791. The molecule has 1 N–H and O–H groups in total. The van der Waals surface area contributed by atoms with E-state index >= 15 is 0 Å². The topological polar surface area (TPSA) is 42.7 Å². The largest absolute Gasteiger partial charge is 0.314 e. The number of nitrogens with one attached hydrogen (secondary N) is 1. The Kier molecular flexibility index (Phi) is 3.59. The van der Waals surface area contributed by atoms with Gasteiger partial charge in [-0.15, -0.1) is 5.10 Å². The summed E-state index contributed by atoms with van der Waals surface area (Å²) in [5.41, 5.74) is 1.11. The standard InChI is InChI=1S/C12H22N4/c1-9(2)10(7-13-11-4-5-11)6-12-8-16(3)15-14-12/h8-11,13H,4-7H2,1-3H3. The molecule has 1 aliphatic rings. The Hall–Kier alpha value is -0.900. The van der Waals surface area contributed by atoms with Gasteiger partial charge in [-0.1, -0.05) is 19.1 Å². The monoisotopic (exact) mass is 222 g/mol. The van der Waals surface area contributed by atoms with Gasteiger partial charge in [0.1, 0.15) is 0 Å². The van der Waals surface area contributed by atoms with Gasteiger partial charge in [-0.25, -0.2) is 0 Å². The SMILES string of the molecule is CC(C)C(CNC1CC1)Cc1cn(C)nn1. The maximum absolute atomic E-state index is 4.17. The smallest absolute Gasteiger partial charge is 0.0830 e. The van der Waals surface area contributed by atoms with Crippen LogP contribution in [0.5, 0.6) is 0 Å². The molecule has 90 valence electrons. The van der Waals surface area contributed by atoms with E-state index in [1.165, 1.54) is 12.8 Å². The van der Waals surface area contributed by atoms with Crippen LogP contribution in [0, 0.1) is 11.8 Å². The van der Waals surface area contributed by atoms with E-state index in [-0.39, 0.29) is 0 Å². The minimum Gasteiger partial charge on any atom is -0.314 e. The van der Waals surface area contributed by atoms with Crippen LogP contribution in [0.15, 0.2) is 6.20 Å². The van der Waals surface area contributed by atoms with Crippen LogP contribution in [0.3, 0.4) is 0 Å². The van der Waals surface area contributed by atoms with Crippen LogP contribution in [0.25, 0.3) is 0 Å². The van der Waals surface area contributed by atoms with Gasteiger partial charge in [0.2, 0.25) is 0 Å². The van der Waals surface area contributed by atoms with E-state index in [1.54, 1.807) is 4.68 Å². The number of hydrogen-bond acceptors (Lipinski definition) is 3. The number of hydrogen-bond donors (Lipinski definition) is 1. The summed E-state index contributed by atoms with van der Waals surface area (Å²) >= 11 is 0. The summed E-state index contributed by atoms with van der Waals surface area (Å²) < 4.78 is 1.78. The van der Waals surface area contributed by atoms with Gasteiger partial charge in [-0.3, -0.25) is 4.68 Å². The van der Waals surface area contributed by atoms with Crippen LogP contribution in [0.4, 0.5) is 0 Å². The van der Waals surface area contributed by atoms with Gasteiger partial charge in [0.05, 0.1) is 5.69 Å². The van der Waals surface area contributed by atoms with Crippen molar-refractivity contribution < 1.29 is 0 Å². The Morgan fingerprint density at radius 1 is 1.50 bits per heavy atom. The highest BCUT2D eigenvalue weighted by Gasteiger charge is 2.23. The van der Waals surface area contributed by atoms with Crippen LogP contribution >= 0.6 is 0 Å². The van der Waals surface area contributed by atoms with Gasteiger partial charge in [-0.2, -0.15) is 0 Å². The first-order valence-electron chi connectivity index (χ1n) is 6.23. The molecule has 4 nitrogen and oxygen atoms in total. The van der Waals surface area contributed by atoms with Crippen LogP contribution in [-0.2, 0) is 13.5 Å². The van der Waals surface area contributed by atoms with Crippen molar-refractivity contribution >= 4 is 0 Å². The molecule has 1 saturated carbocycles. The van der Waals surface area contributed by atoms with Crippen molar-refractivity contribution in [2.75, 3.05) is 6.54 Å². The Morgan fingerprint density at radius 3 is 2.75 bits per heavy atom. The third kappa shape index (κ3) is 3.30. The lowest BCUT2D eigenvalue weighted by Gasteiger charge is -2.20. The fraction of sp³-hybridized carbons (Fsp3) is 0.833. The van der Waals surface area contributed by atoms with Gasteiger partial charge in [0, 0.05) is 19.3 Å². The summed E-state index contributed by atoms with van der Waals surface area (Å²) in [4.78, 5) is 0. The van der Waals surface area contributed by atoms with E-state index in [0.717, 1.165) is 24.7 Å². The minimum atomic E-state index is 0.664. The van der Waals surface area contributed by atoms with Crippen molar-refractivity contribution in [3.63, 3.8) is 0 Å². The Morgan fingerprint density at radius 2 is 2.25 bits per heavy atom. The Bertz CT molecular complexity index is 328. The van der Waals surface area contributed by atoms with Crippen LogP contribution in [0.2, 0.25) is 0 Å². The van der Waals surface area contributed by atoms with Gasteiger partial charge in [-0.05, 0) is 37.6 Å². The lowest BCUT2D eigenvalue weighted by molar-refractivity contribution is 0.356. The molecule has 16 heavy (non-hydrogen) atoms. The van der Waals surface area contributed by atoms with Gasteiger partial charge >= 0.3 is 0 Å². The molecule has 0 bridgehead atoms. The second kappa shape index (κ2) is 4.95. The molecule has 4 heteroatoms. The summed E-state index contributed by atoms with van der Waals surface area (Å²) in [6, 6.07) is 0.795. The van der Waals surface area contributed by atoms with Gasteiger partial charge in [0.15, 0.2) is 0 Å². The molecule has 1 atom stereocenters. The normalized spacial score (nSPS) is 18.0. The van der Waals surface area contributed by atoms with Gasteiger partial charge < -0.3 is 5.32 Å². The third-order valence-electron chi connectivity index (χ3n) is 3.31. The molecular formula is C12H22N4. The first-order valence-corrected chi connectivity index (χ1v) is 6.23. The summed E-state index contributed by atoms with van der Waals surface area (Å²) in [6.07, 6.45) is 5.77. The van der Waals surface area contributed by atoms with Crippen LogP contribution < -0.4 is 5.32 Å². The molecule has 1 aromatic heterocycles. The second-order valence-corrected chi connectivity index (χ2v) is 5.27. The average Bonchev–Trinajstić information content (AvgIpc) is 2.96. The van der Waals surface area contributed by atoms with E-state index in [0.29, 0.717) is 11.8 Å². The lowest BCUT2D eigenvalue weighted by atomic mass is 9.91. The fourth-order valence-corrected chi connectivity index (χ4v) is 1.91. The molecule has 0 aromatic carbocycles. The first-order chi connectivity index (χ1) is 7.65. The number of rotatable bonds is 6. The van der Waals surface area contributed by atoms with Crippen molar-refractivity contribution in [3.05, 3.63) is 11.9 Å². The van der Waals surface area contributed by atoms with E-state index < -0.39 is 0 Å². The molecular weight excluding hydrogens is 200 g/mol. The predicted molar refractivity (Wildman–Crippen MR) is 64.1 cm³/mol. The zero-order chi connectivity index (χ0) is 11.5. The third-order valence-corrected chi connectivity index (χ3v) is 3.31. The van der Waals surface area contributed by atoms with Crippen LogP contribution in [0.1, 0.15) is 32.4 Å². The second-order valence-electron chi connectivity index (χ2n) is 5.27. The van der Waals surface area contributed by atoms with Gasteiger partial charge in [0.25, 0.3) is 0 Å². The number of aryl methyl sites for hydroxylation is 1. The highest BCUT2D eigenvalue weighted by Crippen LogP contribution is 2.21.